The van der Waals surface area contributed by atoms with Gasteiger partial charge in [-0.2, -0.15) is 18.3 Å². The van der Waals surface area contributed by atoms with Gasteiger partial charge >= 0.3 is 6.18 Å². The van der Waals surface area contributed by atoms with E-state index < -0.39 is 28.8 Å². The summed E-state index contributed by atoms with van der Waals surface area (Å²) >= 11 is 0. The Morgan fingerprint density at radius 2 is 1.37 bits per heavy atom. The van der Waals surface area contributed by atoms with E-state index in [1.54, 1.807) is 0 Å². The van der Waals surface area contributed by atoms with E-state index in [-0.39, 0.29) is 24.5 Å². The number of amides is 1. The maximum atomic E-state index is 13.6. The second kappa shape index (κ2) is 9.97. The highest BCUT2D eigenvalue weighted by atomic mass is 19.4. The molecule has 0 saturated heterocycles. The van der Waals surface area contributed by atoms with Crippen molar-refractivity contribution in [2.45, 2.75) is 26.2 Å². The van der Waals surface area contributed by atoms with E-state index >= 15 is 0 Å². The van der Waals surface area contributed by atoms with Crippen LogP contribution in [0.5, 0.6) is 0 Å². The molecule has 3 aromatic carbocycles. The van der Waals surface area contributed by atoms with Crippen molar-refractivity contribution in [1.82, 2.24) is 14.7 Å². The molecule has 0 unspecified atom stereocenters. The van der Waals surface area contributed by atoms with Gasteiger partial charge in [0, 0.05) is 24.8 Å². The molecule has 0 aliphatic carbocycles. The van der Waals surface area contributed by atoms with Gasteiger partial charge in [0.25, 0.3) is 5.91 Å². The standard InChI is InChI=1S/C27H22F3N3O2/c1-19-16-24(34)25(31-33(19)23-15-9-8-14-22(23)27(28,29)30)26(35)32(17-20-10-4-2-5-11-20)18-21-12-6-3-7-13-21/h2-16H,17-18H2,1H3. The summed E-state index contributed by atoms with van der Waals surface area (Å²) in [5.41, 5.74) is -0.412. The third-order valence-corrected chi connectivity index (χ3v) is 5.47. The van der Waals surface area contributed by atoms with Crippen LogP contribution in [-0.4, -0.2) is 20.6 Å². The monoisotopic (exact) mass is 477 g/mol. The molecule has 8 heteroatoms. The molecule has 0 N–H and O–H groups in total. The lowest BCUT2D eigenvalue weighted by Crippen LogP contribution is -2.35. The number of nitrogens with zero attached hydrogens (tertiary/aromatic N) is 3. The van der Waals surface area contributed by atoms with Crippen LogP contribution < -0.4 is 5.43 Å². The summed E-state index contributed by atoms with van der Waals surface area (Å²) in [5, 5.41) is 4.13. The minimum atomic E-state index is -4.63. The van der Waals surface area contributed by atoms with Gasteiger partial charge in [-0.1, -0.05) is 72.8 Å². The minimum Gasteiger partial charge on any atom is -0.328 e. The van der Waals surface area contributed by atoms with Crippen molar-refractivity contribution in [3.05, 3.63) is 129 Å². The molecular formula is C27H22F3N3O2. The molecule has 0 radical (unpaired) electrons. The lowest BCUT2D eigenvalue weighted by Gasteiger charge is -2.23. The van der Waals surface area contributed by atoms with E-state index in [1.165, 1.54) is 30.0 Å². The van der Waals surface area contributed by atoms with E-state index in [9.17, 15) is 22.8 Å². The number of rotatable bonds is 6. The minimum absolute atomic E-state index is 0.181. The highest BCUT2D eigenvalue weighted by Gasteiger charge is 2.34. The Bertz CT molecular complexity index is 1340. The molecule has 178 valence electrons. The van der Waals surface area contributed by atoms with Crippen LogP contribution in [0.1, 0.15) is 32.9 Å². The molecule has 1 amide bonds. The zero-order valence-corrected chi connectivity index (χ0v) is 18.9. The Morgan fingerprint density at radius 1 is 0.857 bits per heavy atom. The number of alkyl halides is 3. The first-order valence-corrected chi connectivity index (χ1v) is 10.9. The highest BCUT2D eigenvalue weighted by molar-refractivity contribution is 5.92. The number of carbonyl (C=O) groups excluding carboxylic acids is 1. The van der Waals surface area contributed by atoms with Gasteiger partial charge in [0.2, 0.25) is 5.43 Å². The number of carbonyl (C=O) groups is 1. The summed E-state index contributed by atoms with van der Waals surface area (Å²) < 4.78 is 41.9. The second-order valence-electron chi connectivity index (χ2n) is 8.06. The lowest BCUT2D eigenvalue weighted by atomic mass is 10.1. The maximum absolute atomic E-state index is 13.6. The number of benzene rings is 3. The number of aryl methyl sites for hydroxylation is 1. The highest BCUT2D eigenvalue weighted by Crippen LogP contribution is 2.33. The molecule has 1 aromatic heterocycles. The Kier molecular flexibility index (Phi) is 6.82. The van der Waals surface area contributed by atoms with Crippen LogP contribution in [0.25, 0.3) is 5.69 Å². The largest absolute Gasteiger partial charge is 0.418 e. The van der Waals surface area contributed by atoms with Gasteiger partial charge < -0.3 is 4.90 Å². The molecule has 0 aliphatic heterocycles. The van der Waals surface area contributed by atoms with Crippen molar-refractivity contribution in [2.75, 3.05) is 0 Å². The first kappa shape index (κ1) is 23.9. The van der Waals surface area contributed by atoms with Crippen LogP contribution in [0.3, 0.4) is 0 Å². The molecule has 0 bridgehead atoms. The van der Waals surface area contributed by atoms with Crippen molar-refractivity contribution in [1.29, 1.82) is 0 Å². The van der Waals surface area contributed by atoms with Gasteiger partial charge in [0.15, 0.2) is 5.69 Å². The predicted octanol–water partition coefficient (Wildman–Crippen LogP) is 5.40. The predicted molar refractivity (Wildman–Crippen MR) is 126 cm³/mol. The van der Waals surface area contributed by atoms with E-state index in [2.05, 4.69) is 5.10 Å². The second-order valence-corrected chi connectivity index (χ2v) is 8.06. The zero-order valence-electron chi connectivity index (χ0n) is 18.9. The Morgan fingerprint density at radius 3 is 1.91 bits per heavy atom. The van der Waals surface area contributed by atoms with Crippen molar-refractivity contribution in [2.24, 2.45) is 0 Å². The number of hydrogen-bond acceptors (Lipinski definition) is 3. The number of hydrogen-bond donors (Lipinski definition) is 0. The molecule has 4 rings (SSSR count). The summed E-state index contributed by atoms with van der Waals surface area (Å²) in [7, 11) is 0. The fraction of sp³-hybridized carbons (Fsp3) is 0.148. The summed E-state index contributed by atoms with van der Waals surface area (Å²) in [6.45, 7) is 1.87. The smallest absolute Gasteiger partial charge is 0.328 e. The molecule has 1 heterocycles. The number of aromatic nitrogens is 2. The van der Waals surface area contributed by atoms with Crippen LogP contribution in [0.4, 0.5) is 13.2 Å². The molecule has 4 aromatic rings. The van der Waals surface area contributed by atoms with Crippen molar-refractivity contribution in [3.63, 3.8) is 0 Å². The summed E-state index contributed by atoms with van der Waals surface area (Å²) in [6.07, 6.45) is -4.63. The van der Waals surface area contributed by atoms with Crippen molar-refractivity contribution in [3.8, 4) is 5.69 Å². The quantitative estimate of drug-likeness (QED) is 0.374. The number of para-hydroxylation sites is 1. The van der Waals surface area contributed by atoms with Crippen LogP contribution in [-0.2, 0) is 19.3 Å². The third kappa shape index (κ3) is 5.48. The molecule has 5 nitrogen and oxygen atoms in total. The summed E-state index contributed by atoms with van der Waals surface area (Å²) in [4.78, 5) is 27.9. The third-order valence-electron chi connectivity index (χ3n) is 5.47. The average Bonchev–Trinajstić information content (AvgIpc) is 2.84. The van der Waals surface area contributed by atoms with Gasteiger partial charge in [-0.3, -0.25) is 9.59 Å². The normalized spacial score (nSPS) is 11.3. The van der Waals surface area contributed by atoms with Crippen LogP contribution in [0.15, 0.2) is 95.8 Å². The Hall–Kier alpha value is -4.20. The fourth-order valence-corrected chi connectivity index (χ4v) is 3.79. The fourth-order valence-electron chi connectivity index (χ4n) is 3.79. The van der Waals surface area contributed by atoms with Crippen LogP contribution >= 0.6 is 0 Å². The van der Waals surface area contributed by atoms with Gasteiger partial charge in [0.1, 0.15) is 0 Å². The van der Waals surface area contributed by atoms with Gasteiger partial charge in [0.05, 0.1) is 11.3 Å². The van der Waals surface area contributed by atoms with Gasteiger partial charge in [-0.15, -0.1) is 0 Å². The van der Waals surface area contributed by atoms with Crippen molar-refractivity contribution >= 4 is 5.91 Å². The molecule has 0 aliphatic rings. The van der Waals surface area contributed by atoms with E-state index in [0.717, 1.165) is 27.9 Å². The summed E-state index contributed by atoms with van der Waals surface area (Å²) in [6, 6.07) is 24.5. The lowest BCUT2D eigenvalue weighted by molar-refractivity contribution is -0.137. The first-order chi connectivity index (χ1) is 16.7. The van der Waals surface area contributed by atoms with Crippen LogP contribution in [0, 0.1) is 6.92 Å². The average molecular weight is 477 g/mol. The van der Waals surface area contributed by atoms with E-state index in [0.29, 0.717) is 0 Å². The van der Waals surface area contributed by atoms with Gasteiger partial charge in [-0.05, 0) is 30.2 Å². The molecule has 35 heavy (non-hydrogen) atoms. The first-order valence-electron chi connectivity index (χ1n) is 10.9. The summed E-state index contributed by atoms with van der Waals surface area (Å²) in [5.74, 6) is -0.666. The Labute approximate surface area is 200 Å². The van der Waals surface area contributed by atoms with Crippen molar-refractivity contribution < 1.29 is 18.0 Å². The molecule has 0 spiro atoms. The molecular weight excluding hydrogens is 455 g/mol. The topological polar surface area (TPSA) is 55.2 Å². The van der Waals surface area contributed by atoms with Gasteiger partial charge in [-0.25, -0.2) is 4.68 Å². The molecule has 0 fully saturated rings. The number of halogens is 3. The SMILES string of the molecule is Cc1cc(=O)c(C(=O)N(Cc2ccccc2)Cc2ccccc2)nn1-c1ccccc1C(F)(F)F. The molecule has 0 atom stereocenters. The van der Waals surface area contributed by atoms with E-state index in [4.69, 9.17) is 0 Å². The Balaban J connectivity index is 1.78. The van der Waals surface area contributed by atoms with E-state index in [1.807, 2.05) is 60.7 Å². The van der Waals surface area contributed by atoms with Crippen LogP contribution in [0.2, 0.25) is 0 Å². The maximum Gasteiger partial charge on any atom is 0.418 e. The molecule has 0 saturated carbocycles. The zero-order chi connectivity index (χ0) is 25.0.